The second-order valence-electron chi connectivity index (χ2n) is 9.07. The van der Waals surface area contributed by atoms with Crippen molar-refractivity contribution in [2.24, 2.45) is 5.92 Å². The van der Waals surface area contributed by atoms with Crippen molar-refractivity contribution in [3.63, 3.8) is 0 Å². The monoisotopic (exact) mass is 443 g/mol. The molecule has 3 unspecified atom stereocenters. The van der Waals surface area contributed by atoms with Crippen molar-refractivity contribution in [2.75, 3.05) is 7.11 Å². The van der Waals surface area contributed by atoms with Crippen LogP contribution in [0.5, 0.6) is 0 Å². The number of nitrogens with zero attached hydrogens (tertiary/aromatic N) is 3. The first-order chi connectivity index (χ1) is 15.1. The number of likely N-dealkylation sites (tertiary alicyclic amines) is 1. The summed E-state index contributed by atoms with van der Waals surface area (Å²) in [6.45, 7) is 0.285. The van der Waals surface area contributed by atoms with Gasteiger partial charge in [-0.3, -0.25) is 14.2 Å². The molecule has 3 heterocycles. The van der Waals surface area contributed by atoms with Crippen LogP contribution in [0.4, 0.5) is 0 Å². The van der Waals surface area contributed by atoms with Crippen molar-refractivity contribution in [1.29, 1.82) is 0 Å². The van der Waals surface area contributed by atoms with E-state index in [2.05, 4.69) is 4.98 Å². The van der Waals surface area contributed by atoms with E-state index in [9.17, 15) is 14.4 Å². The first-order valence-electron chi connectivity index (χ1n) is 11.5. The number of aryl methyl sites for hydroxylation is 3. The van der Waals surface area contributed by atoms with E-state index in [-0.39, 0.29) is 36.4 Å². The van der Waals surface area contributed by atoms with Crippen LogP contribution in [0.2, 0.25) is 0 Å². The highest BCUT2D eigenvalue weighted by Gasteiger charge is 2.47. The molecule has 0 spiro atoms. The molecule has 0 radical (unpaired) electrons. The van der Waals surface area contributed by atoms with Gasteiger partial charge in [-0.2, -0.15) is 0 Å². The molecule has 0 bridgehead atoms. The Morgan fingerprint density at radius 2 is 2.00 bits per heavy atom. The molecule has 2 fully saturated rings. The molecule has 1 amide bonds. The molecule has 2 aliphatic carbocycles. The lowest BCUT2D eigenvalue weighted by Gasteiger charge is -2.33. The average molecular weight is 444 g/mol. The Balaban J connectivity index is 1.37. The number of carbonyl (C=O) groups excluding carboxylic acids is 2. The van der Waals surface area contributed by atoms with E-state index >= 15 is 0 Å². The SMILES string of the molecule is COC(=O)C1CC2CCCCC2N1C(=O)CCn1cnc2sc3c(c2c1=O)CCCC3. The lowest BCUT2D eigenvalue weighted by atomic mass is 9.84. The van der Waals surface area contributed by atoms with Crippen molar-refractivity contribution in [1.82, 2.24) is 14.5 Å². The molecular formula is C23H29N3O4S. The van der Waals surface area contributed by atoms with Crippen LogP contribution in [0.25, 0.3) is 10.2 Å². The number of ether oxygens (including phenoxy) is 1. The molecule has 3 aliphatic rings. The van der Waals surface area contributed by atoms with Crippen molar-refractivity contribution in [2.45, 2.75) is 82.8 Å². The molecule has 1 saturated carbocycles. The number of methoxy groups -OCH3 is 1. The van der Waals surface area contributed by atoms with Gasteiger partial charge in [0.05, 0.1) is 18.8 Å². The topological polar surface area (TPSA) is 81.5 Å². The Morgan fingerprint density at radius 1 is 1.19 bits per heavy atom. The number of carbonyl (C=O) groups is 2. The predicted octanol–water partition coefficient (Wildman–Crippen LogP) is 3.06. The summed E-state index contributed by atoms with van der Waals surface area (Å²) in [5, 5.41) is 0.746. The number of hydrogen-bond donors (Lipinski definition) is 0. The Hall–Kier alpha value is -2.22. The minimum Gasteiger partial charge on any atom is -0.467 e. The van der Waals surface area contributed by atoms with Gasteiger partial charge in [0.15, 0.2) is 0 Å². The number of thiophene rings is 1. The molecule has 1 saturated heterocycles. The Bertz CT molecular complexity index is 1070. The first-order valence-corrected chi connectivity index (χ1v) is 12.3. The van der Waals surface area contributed by atoms with E-state index in [4.69, 9.17) is 4.74 Å². The lowest BCUT2D eigenvalue weighted by Crippen LogP contribution is -2.47. The summed E-state index contributed by atoms with van der Waals surface area (Å²) in [6.07, 6.45) is 10.9. The summed E-state index contributed by atoms with van der Waals surface area (Å²) in [5.74, 6) is -0.0167. The molecular weight excluding hydrogens is 414 g/mol. The highest BCUT2D eigenvalue weighted by atomic mass is 32.1. The normalized spacial score (nSPS) is 25.3. The maximum absolute atomic E-state index is 13.2. The Labute approximate surface area is 185 Å². The van der Waals surface area contributed by atoms with Gasteiger partial charge in [0.25, 0.3) is 5.56 Å². The molecule has 0 aromatic carbocycles. The van der Waals surface area contributed by atoms with Crippen molar-refractivity contribution in [3.05, 3.63) is 27.1 Å². The van der Waals surface area contributed by atoms with Gasteiger partial charge in [-0.15, -0.1) is 11.3 Å². The number of esters is 1. The maximum Gasteiger partial charge on any atom is 0.328 e. The van der Waals surface area contributed by atoms with Crippen LogP contribution in [0, 0.1) is 5.92 Å². The Kier molecular flexibility index (Phi) is 5.58. The average Bonchev–Trinajstić information content (AvgIpc) is 3.37. The molecule has 31 heavy (non-hydrogen) atoms. The van der Waals surface area contributed by atoms with Crippen LogP contribution in [0.15, 0.2) is 11.1 Å². The van der Waals surface area contributed by atoms with Gasteiger partial charge in [0, 0.05) is 23.9 Å². The van der Waals surface area contributed by atoms with E-state index in [1.54, 1.807) is 27.1 Å². The van der Waals surface area contributed by atoms with Crippen molar-refractivity contribution >= 4 is 33.4 Å². The molecule has 5 rings (SSSR count). The fraction of sp³-hybridized carbons (Fsp3) is 0.652. The third-order valence-electron chi connectivity index (χ3n) is 7.36. The van der Waals surface area contributed by atoms with E-state index in [1.807, 2.05) is 0 Å². The lowest BCUT2D eigenvalue weighted by molar-refractivity contribution is -0.152. The standard InChI is InChI=1S/C23H29N3O4S/c1-30-23(29)17-12-14-6-2-4-8-16(14)26(17)19(27)10-11-25-13-24-21-20(22(25)28)15-7-3-5-9-18(15)31-21/h13-14,16-17H,2-12H2,1H3. The second kappa shape index (κ2) is 8.37. The molecule has 8 heteroatoms. The summed E-state index contributed by atoms with van der Waals surface area (Å²) in [4.78, 5) is 47.2. The second-order valence-corrected chi connectivity index (χ2v) is 10.2. The Morgan fingerprint density at radius 3 is 2.84 bits per heavy atom. The molecule has 166 valence electrons. The summed E-state index contributed by atoms with van der Waals surface area (Å²) < 4.78 is 6.57. The molecule has 1 aliphatic heterocycles. The fourth-order valence-electron chi connectivity index (χ4n) is 5.85. The van der Waals surface area contributed by atoms with E-state index < -0.39 is 6.04 Å². The molecule has 7 nitrogen and oxygen atoms in total. The summed E-state index contributed by atoms with van der Waals surface area (Å²) in [7, 11) is 1.38. The maximum atomic E-state index is 13.2. The van der Waals surface area contributed by atoms with Gasteiger partial charge in [-0.05, 0) is 56.4 Å². The first kappa shape index (κ1) is 20.7. The van der Waals surface area contributed by atoms with E-state index in [0.717, 1.165) is 55.2 Å². The molecule has 2 aromatic rings. The highest BCUT2D eigenvalue weighted by molar-refractivity contribution is 7.18. The molecule has 3 atom stereocenters. The third kappa shape index (κ3) is 3.58. The van der Waals surface area contributed by atoms with Crippen molar-refractivity contribution in [3.8, 4) is 0 Å². The summed E-state index contributed by atoms with van der Waals surface area (Å²) >= 11 is 1.63. The largest absolute Gasteiger partial charge is 0.467 e. The number of amides is 1. The predicted molar refractivity (Wildman–Crippen MR) is 118 cm³/mol. The van der Waals surface area contributed by atoms with Crippen LogP contribution in [-0.4, -0.2) is 45.5 Å². The molecule has 0 N–H and O–H groups in total. The summed E-state index contributed by atoms with van der Waals surface area (Å²) in [5.41, 5.74) is 1.12. The van der Waals surface area contributed by atoms with Gasteiger partial charge in [-0.1, -0.05) is 12.8 Å². The number of hydrogen-bond acceptors (Lipinski definition) is 6. The number of fused-ring (bicyclic) bond motifs is 4. The quantitative estimate of drug-likeness (QED) is 0.679. The van der Waals surface area contributed by atoms with Crippen LogP contribution in [0.3, 0.4) is 0 Å². The van der Waals surface area contributed by atoms with Crippen LogP contribution in [0.1, 0.15) is 61.8 Å². The van der Waals surface area contributed by atoms with Gasteiger partial charge in [-0.25, -0.2) is 9.78 Å². The van der Waals surface area contributed by atoms with Crippen LogP contribution >= 0.6 is 11.3 Å². The smallest absolute Gasteiger partial charge is 0.328 e. The zero-order chi connectivity index (χ0) is 21.5. The van der Waals surface area contributed by atoms with Gasteiger partial charge < -0.3 is 9.64 Å². The zero-order valence-electron chi connectivity index (χ0n) is 18.0. The van der Waals surface area contributed by atoms with Gasteiger partial charge in [0.2, 0.25) is 5.91 Å². The van der Waals surface area contributed by atoms with Crippen LogP contribution < -0.4 is 5.56 Å². The van der Waals surface area contributed by atoms with E-state index in [1.165, 1.54) is 24.0 Å². The minimum atomic E-state index is -0.494. The van der Waals surface area contributed by atoms with Crippen molar-refractivity contribution < 1.29 is 14.3 Å². The van der Waals surface area contributed by atoms with E-state index in [0.29, 0.717) is 12.3 Å². The minimum absolute atomic E-state index is 0.0429. The van der Waals surface area contributed by atoms with Gasteiger partial charge in [0.1, 0.15) is 10.9 Å². The van der Waals surface area contributed by atoms with Gasteiger partial charge >= 0.3 is 5.97 Å². The third-order valence-corrected chi connectivity index (χ3v) is 8.56. The molecule has 2 aromatic heterocycles. The number of rotatable bonds is 4. The summed E-state index contributed by atoms with van der Waals surface area (Å²) in [6, 6.07) is -0.376. The number of aromatic nitrogens is 2. The fourth-order valence-corrected chi connectivity index (χ4v) is 7.07. The zero-order valence-corrected chi connectivity index (χ0v) is 18.8. The van der Waals surface area contributed by atoms with Crippen LogP contribution in [-0.2, 0) is 33.7 Å². The highest BCUT2D eigenvalue weighted by Crippen LogP contribution is 2.40.